The number of hydrogen-bond acceptors (Lipinski definition) is 2. The fraction of sp³-hybridized carbons (Fsp3) is 0.462. The lowest BCUT2D eigenvalue weighted by Crippen LogP contribution is -2.33. The Bertz CT molecular complexity index is 393. The van der Waals surface area contributed by atoms with Crippen molar-refractivity contribution in [1.82, 2.24) is 5.32 Å². The molecule has 0 radical (unpaired) electrons. The number of ether oxygens (including phenoxy) is 1. The Kier molecular flexibility index (Phi) is 5.65. The van der Waals surface area contributed by atoms with Gasteiger partial charge in [0.25, 0.3) is 5.91 Å². The molecule has 1 amide bonds. The van der Waals surface area contributed by atoms with E-state index in [9.17, 15) is 4.79 Å². The molecule has 4 heteroatoms. The van der Waals surface area contributed by atoms with Crippen molar-refractivity contribution >= 4 is 21.8 Å². The van der Waals surface area contributed by atoms with Gasteiger partial charge in [0.2, 0.25) is 0 Å². The first-order chi connectivity index (χ1) is 8.04. The molecule has 0 aliphatic rings. The summed E-state index contributed by atoms with van der Waals surface area (Å²) >= 11 is 3.37. The zero-order chi connectivity index (χ0) is 12.8. The van der Waals surface area contributed by atoms with Gasteiger partial charge in [-0.05, 0) is 38.0 Å². The quantitative estimate of drug-likeness (QED) is 0.908. The molecule has 1 N–H and O–H groups in total. The van der Waals surface area contributed by atoms with E-state index in [1.54, 1.807) is 7.11 Å². The molecular formula is C13H18BrNO2. The van der Waals surface area contributed by atoms with Gasteiger partial charge in [-0.3, -0.25) is 4.79 Å². The fourth-order valence-corrected chi connectivity index (χ4v) is 1.87. The first-order valence-electron chi connectivity index (χ1n) is 5.60. The van der Waals surface area contributed by atoms with Crippen LogP contribution in [0.1, 0.15) is 29.3 Å². The van der Waals surface area contributed by atoms with Crippen molar-refractivity contribution < 1.29 is 9.53 Å². The smallest absolute Gasteiger partial charge is 0.251 e. The predicted octanol–water partition coefficient (Wildman–Crippen LogP) is 2.91. The summed E-state index contributed by atoms with van der Waals surface area (Å²) in [6.45, 7) is 4.56. The first kappa shape index (κ1) is 14.2. The Hall–Kier alpha value is -0.870. The molecule has 1 aromatic rings. The third kappa shape index (κ3) is 4.48. The molecule has 0 saturated carbocycles. The molecule has 0 fully saturated rings. The van der Waals surface area contributed by atoms with Gasteiger partial charge in [-0.1, -0.05) is 22.0 Å². The zero-order valence-electron chi connectivity index (χ0n) is 10.4. The van der Waals surface area contributed by atoms with Crippen LogP contribution in [0, 0.1) is 6.92 Å². The van der Waals surface area contributed by atoms with E-state index in [1.807, 2.05) is 32.0 Å². The maximum Gasteiger partial charge on any atom is 0.251 e. The number of hydrogen-bond donors (Lipinski definition) is 1. The maximum absolute atomic E-state index is 12.0. The number of carbonyl (C=O) groups is 1. The lowest BCUT2D eigenvalue weighted by atomic mass is 10.1. The molecule has 17 heavy (non-hydrogen) atoms. The number of aryl methyl sites for hydroxylation is 1. The van der Waals surface area contributed by atoms with E-state index >= 15 is 0 Å². The van der Waals surface area contributed by atoms with Crippen molar-refractivity contribution in [2.45, 2.75) is 26.3 Å². The van der Waals surface area contributed by atoms with E-state index in [4.69, 9.17) is 4.74 Å². The minimum atomic E-state index is -0.0348. The molecule has 1 unspecified atom stereocenters. The van der Waals surface area contributed by atoms with Crippen LogP contribution in [0.25, 0.3) is 0 Å². The van der Waals surface area contributed by atoms with Crippen molar-refractivity contribution in [3.63, 3.8) is 0 Å². The van der Waals surface area contributed by atoms with Gasteiger partial charge in [0.15, 0.2) is 0 Å². The second kappa shape index (κ2) is 6.77. The monoisotopic (exact) mass is 299 g/mol. The maximum atomic E-state index is 12.0. The number of halogens is 1. The van der Waals surface area contributed by atoms with Crippen LogP contribution in [0.4, 0.5) is 0 Å². The van der Waals surface area contributed by atoms with Crippen molar-refractivity contribution in [2.24, 2.45) is 0 Å². The molecule has 0 heterocycles. The number of rotatable bonds is 5. The number of methoxy groups -OCH3 is 1. The largest absolute Gasteiger partial charge is 0.385 e. The summed E-state index contributed by atoms with van der Waals surface area (Å²) in [5.41, 5.74) is 1.69. The molecule has 0 spiro atoms. The minimum Gasteiger partial charge on any atom is -0.385 e. The Morgan fingerprint density at radius 2 is 2.24 bits per heavy atom. The van der Waals surface area contributed by atoms with Gasteiger partial charge in [0.05, 0.1) is 0 Å². The van der Waals surface area contributed by atoms with Gasteiger partial charge in [0, 0.05) is 29.8 Å². The van der Waals surface area contributed by atoms with E-state index in [0.717, 1.165) is 16.5 Å². The Balaban J connectivity index is 2.66. The summed E-state index contributed by atoms with van der Waals surface area (Å²) < 4.78 is 5.90. The van der Waals surface area contributed by atoms with E-state index in [-0.39, 0.29) is 11.9 Å². The number of amides is 1. The van der Waals surface area contributed by atoms with E-state index in [2.05, 4.69) is 21.2 Å². The number of carbonyl (C=O) groups excluding carboxylic acids is 1. The van der Waals surface area contributed by atoms with Crippen LogP contribution in [0.2, 0.25) is 0 Å². The van der Waals surface area contributed by atoms with Gasteiger partial charge >= 0.3 is 0 Å². The van der Waals surface area contributed by atoms with Crippen molar-refractivity contribution in [1.29, 1.82) is 0 Å². The standard InChI is InChI=1S/C13H18BrNO2/c1-9-4-5-11(14)8-12(9)13(16)15-10(2)6-7-17-3/h4-5,8,10H,6-7H2,1-3H3,(H,15,16). The molecule has 0 aromatic heterocycles. The summed E-state index contributed by atoms with van der Waals surface area (Å²) in [7, 11) is 1.66. The molecule has 3 nitrogen and oxygen atoms in total. The van der Waals surface area contributed by atoms with Gasteiger partial charge in [-0.2, -0.15) is 0 Å². The van der Waals surface area contributed by atoms with Crippen molar-refractivity contribution in [2.75, 3.05) is 13.7 Å². The molecular weight excluding hydrogens is 282 g/mol. The zero-order valence-corrected chi connectivity index (χ0v) is 12.0. The normalized spacial score (nSPS) is 12.2. The molecule has 94 valence electrons. The van der Waals surface area contributed by atoms with E-state index in [0.29, 0.717) is 12.2 Å². The summed E-state index contributed by atoms with van der Waals surface area (Å²) in [6.07, 6.45) is 0.815. The summed E-state index contributed by atoms with van der Waals surface area (Å²) in [5.74, 6) is -0.0348. The van der Waals surface area contributed by atoms with Crippen LogP contribution in [-0.4, -0.2) is 25.7 Å². The molecule has 0 aliphatic carbocycles. The Morgan fingerprint density at radius 3 is 2.88 bits per heavy atom. The van der Waals surface area contributed by atoms with Crippen molar-refractivity contribution in [3.05, 3.63) is 33.8 Å². The average molecular weight is 300 g/mol. The molecule has 1 rings (SSSR count). The van der Waals surface area contributed by atoms with Crippen LogP contribution in [0.3, 0.4) is 0 Å². The highest BCUT2D eigenvalue weighted by Gasteiger charge is 2.12. The number of nitrogens with one attached hydrogen (secondary N) is 1. The fourth-order valence-electron chi connectivity index (χ4n) is 1.51. The second-order valence-electron chi connectivity index (χ2n) is 4.12. The lowest BCUT2D eigenvalue weighted by molar-refractivity contribution is 0.0929. The Morgan fingerprint density at radius 1 is 1.53 bits per heavy atom. The van der Waals surface area contributed by atoms with Gasteiger partial charge in [-0.25, -0.2) is 0 Å². The first-order valence-corrected chi connectivity index (χ1v) is 6.40. The van der Waals surface area contributed by atoms with E-state index < -0.39 is 0 Å². The van der Waals surface area contributed by atoms with Crippen LogP contribution in [0.15, 0.2) is 22.7 Å². The molecule has 1 aromatic carbocycles. The third-order valence-corrected chi connectivity index (χ3v) is 3.07. The van der Waals surface area contributed by atoms with Crippen LogP contribution < -0.4 is 5.32 Å². The lowest BCUT2D eigenvalue weighted by Gasteiger charge is -2.14. The highest BCUT2D eigenvalue weighted by molar-refractivity contribution is 9.10. The van der Waals surface area contributed by atoms with Gasteiger partial charge in [0.1, 0.15) is 0 Å². The molecule has 0 bridgehead atoms. The van der Waals surface area contributed by atoms with E-state index in [1.165, 1.54) is 0 Å². The molecule has 1 atom stereocenters. The molecule has 0 saturated heterocycles. The highest BCUT2D eigenvalue weighted by atomic mass is 79.9. The minimum absolute atomic E-state index is 0.0348. The average Bonchev–Trinajstić information content (AvgIpc) is 2.29. The summed E-state index contributed by atoms with van der Waals surface area (Å²) in [6, 6.07) is 5.81. The summed E-state index contributed by atoms with van der Waals surface area (Å²) in [4.78, 5) is 12.0. The van der Waals surface area contributed by atoms with Crippen molar-refractivity contribution in [3.8, 4) is 0 Å². The molecule has 0 aliphatic heterocycles. The number of benzene rings is 1. The second-order valence-corrected chi connectivity index (χ2v) is 5.03. The highest BCUT2D eigenvalue weighted by Crippen LogP contribution is 2.16. The third-order valence-electron chi connectivity index (χ3n) is 2.58. The van der Waals surface area contributed by atoms with Crippen LogP contribution in [-0.2, 0) is 4.74 Å². The van der Waals surface area contributed by atoms with Gasteiger partial charge < -0.3 is 10.1 Å². The van der Waals surface area contributed by atoms with Gasteiger partial charge in [-0.15, -0.1) is 0 Å². The summed E-state index contributed by atoms with van der Waals surface area (Å²) in [5, 5.41) is 2.96. The Labute approximate surface area is 111 Å². The predicted molar refractivity (Wildman–Crippen MR) is 72.3 cm³/mol. The topological polar surface area (TPSA) is 38.3 Å². The SMILES string of the molecule is COCCC(C)NC(=O)c1cc(Br)ccc1C. The van der Waals surface area contributed by atoms with Crippen LogP contribution >= 0.6 is 15.9 Å². The van der Waals surface area contributed by atoms with Crippen LogP contribution in [0.5, 0.6) is 0 Å².